The molecule has 0 aliphatic rings. The number of aliphatic hydroxyl groups excluding tert-OH is 1. The van der Waals surface area contributed by atoms with Crippen molar-refractivity contribution in [3.05, 3.63) is 0 Å². The molecule has 0 saturated carbocycles. The van der Waals surface area contributed by atoms with Gasteiger partial charge in [0.25, 0.3) is 0 Å². The predicted octanol–water partition coefficient (Wildman–Crippen LogP) is 3.54. The Morgan fingerprint density at radius 2 is 1.56 bits per heavy atom. The van der Waals surface area contributed by atoms with Gasteiger partial charge in [0.2, 0.25) is 0 Å². The summed E-state index contributed by atoms with van der Waals surface area (Å²) in [5.74, 6) is 0.182. The zero-order chi connectivity index (χ0) is 14.1. The summed E-state index contributed by atoms with van der Waals surface area (Å²) in [6.07, 6.45) is 3.53. The van der Waals surface area contributed by atoms with Crippen LogP contribution in [-0.4, -0.2) is 23.3 Å². The van der Waals surface area contributed by atoms with Gasteiger partial charge in [0.05, 0.1) is 12.0 Å². The van der Waals surface area contributed by atoms with E-state index in [1.165, 1.54) is 0 Å². The summed E-state index contributed by atoms with van der Waals surface area (Å²) < 4.78 is 5.41. The van der Waals surface area contributed by atoms with Crippen LogP contribution < -0.4 is 0 Å². The third kappa shape index (κ3) is 5.85. The van der Waals surface area contributed by atoms with Crippen molar-refractivity contribution in [3.8, 4) is 0 Å². The Bertz CT molecular complexity index is 220. The molecule has 0 aromatic rings. The number of aliphatic hydroxyl groups is 1. The van der Waals surface area contributed by atoms with Crippen LogP contribution in [0.3, 0.4) is 0 Å². The monoisotopic (exact) mass is 258 g/mol. The summed E-state index contributed by atoms with van der Waals surface area (Å²) in [6.45, 7) is 10.0. The van der Waals surface area contributed by atoms with Crippen molar-refractivity contribution in [2.75, 3.05) is 0 Å². The van der Waals surface area contributed by atoms with E-state index in [0.717, 1.165) is 25.7 Å². The Balaban J connectivity index is 4.17. The highest BCUT2D eigenvalue weighted by molar-refractivity contribution is 5.72. The molecule has 0 aliphatic heterocycles. The summed E-state index contributed by atoms with van der Waals surface area (Å²) in [5.41, 5.74) is 0. The van der Waals surface area contributed by atoms with Crippen LogP contribution in [0.2, 0.25) is 0 Å². The summed E-state index contributed by atoms with van der Waals surface area (Å²) >= 11 is 0. The van der Waals surface area contributed by atoms with Gasteiger partial charge in [0.15, 0.2) is 0 Å². The van der Waals surface area contributed by atoms with Crippen molar-refractivity contribution < 1.29 is 14.6 Å². The smallest absolute Gasteiger partial charge is 0.309 e. The molecule has 0 spiro atoms. The van der Waals surface area contributed by atoms with Gasteiger partial charge in [0.1, 0.15) is 6.10 Å². The molecule has 0 saturated heterocycles. The Hall–Kier alpha value is -0.570. The zero-order valence-corrected chi connectivity index (χ0v) is 12.6. The second-order valence-corrected chi connectivity index (χ2v) is 5.14. The van der Waals surface area contributed by atoms with Crippen molar-refractivity contribution in [2.45, 2.75) is 78.9 Å². The molecule has 0 rings (SSSR count). The van der Waals surface area contributed by atoms with Crippen LogP contribution in [0.4, 0.5) is 0 Å². The molecular formula is C15H30O3. The van der Waals surface area contributed by atoms with Gasteiger partial charge in [-0.1, -0.05) is 40.5 Å². The van der Waals surface area contributed by atoms with E-state index in [1.807, 2.05) is 20.8 Å². The highest BCUT2D eigenvalue weighted by Gasteiger charge is 2.22. The fraction of sp³-hybridized carbons (Fsp3) is 0.933. The maximum atomic E-state index is 11.8. The largest absolute Gasteiger partial charge is 0.462 e. The first-order chi connectivity index (χ1) is 8.49. The number of rotatable bonds is 9. The third-order valence-electron chi connectivity index (χ3n) is 3.80. The topological polar surface area (TPSA) is 46.5 Å². The molecule has 0 bridgehead atoms. The Morgan fingerprint density at radius 3 is 1.94 bits per heavy atom. The number of carbonyl (C=O) groups is 1. The Kier molecular flexibility index (Phi) is 9.08. The second kappa shape index (κ2) is 9.37. The molecule has 3 heteroatoms. The first-order valence-corrected chi connectivity index (χ1v) is 7.38. The Labute approximate surface area is 112 Å². The lowest BCUT2D eigenvalue weighted by Crippen LogP contribution is -2.28. The van der Waals surface area contributed by atoms with Crippen LogP contribution in [0.1, 0.15) is 66.7 Å². The molecule has 0 heterocycles. The maximum absolute atomic E-state index is 11.8. The molecule has 0 amide bonds. The highest BCUT2D eigenvalue weighted by atomic mass is 16.5. The lowest BCUT2D eigenvalue weighted by atomic mass is 9.93. The fourth-order valence-electron chi connectivity index (χ4n) is 2.33. The van der Waals surface area contributed by atoms with E-state index in [2.05, 4.69) is 13.8 Å². The summed E-state index contributed by atoms with van der Waals surface area (Å²) in [5, 5.41) is 10.1. The van der Waals surface area contributed by atoms with Gasteiger partial charge in [-0.05, 0) is 25.7 Å². The number of esters is 1. The van der Waals surface area contributed by atoms with Crippen LogP contribution in [0.15, 0.2) is 0 Å². The van der Waals surface area contributed by atoms with Crippen LogP contribution >= 0.6 is 0 Å². The molecule has 0 unspecified atom stereocenters. The van der Waals surface area contributed by atoms with Gasteiger partial charge in [0, 0.05) is 6.42 Å². The molecule has 2 atom stereocenters. The maximum Gasteiger partial charge on any atom is 0.309 e. The summed E-state index contributed by atoms with van der Waals surface area (Å²) in [7, 11) is 0. The first kappa shape index (κ1) is 17.4. The van der Waals surface area contributed by atoms with Crippen molar-refractivity contribution in [1.29, 1.82) is 0 Å². The average molecular weight is 258 g/mol. The molecule has 3 nitrogen and oxygen atoms in total. The molecule has 0 aromatic carbocycles. The number of hydrogen-bond donors (Lipinski definition) is 1. The molecule has 0 aromatic heterocycles. The standard InChI is InChI=1S/C15H30O3/c1-6-12(7-2)14(16)10-11(5)18-15(17)13(8-3)9-4/h11-14,16H,6-10H2,1-5H3/t11-,14+/m0/s1. The van der Waals surface area contributed by atoms with Crippen molar-refractivity contribution in [3.63, 3.8) is 0 Å². The van der Waals surface area contributed by atoms with Crippen molar-refractivity contribution in [2.24, 2.45) is 11.8 Å². The van der Waals surface area contributed by atoms with Gasteiger partial charge < -0.3 is 9.84 Å². The van der Waals surface area contributed by atoms with Gasteiger partial charge in [-0.2, -0.15) is 0 Å². The van der Waals surface area contributed by atoms with E-state index in [1.54, 1.807) is 0 Å². The minimum atomic E-state index is -0.371. The lowest BCUT2D eigenvalue weighted by molar-refractivity contribution is -0.155. The lowest BCUT2D eigenvalue weighted by Gasteiger charge is -2.24. The van der Waals surface area contributed by atoms with Gasteiger partial charge >= 0.3 is 5.97 Å². The zero-order valence-electron chi connectivity index (χ0n) is 12.6. The number of ether oxygens (including phenoxy) is 1. The van der Waals surface area contributed by atoms with E-state index >= 15 is 0 Å². The van der Waals surface area contributed by atoms with Crippen molar-refractivity contribution in [1.82, 2.24) is 0 Å². The van der Waals surface area contributed by atoms with Crippen molar-refractivity contribution >= 4 is 5.97 Å². The summed E-state index contributed by atoms with van der Waals surface area (Å²) in [6, 6.07) is 0. The van der Waals surface area contributed by atoms with Crippen LogP contribution in [-0.2, 0) is 9.53 Å². The molecule has 0 radical (unpaired) electrons. The molecule has 108 valence electrons. The molecule has 18 heavy (non-hydrogen) atoms. The first-order valence-electron chi connectivity index (χ1n) is 7.38. The second-order valence-electron chi connectivity index (χ2n) is 5.14. The molecular weight excluding hydrogens is 228 g/mol. The van der Waals surface area contributed by atoms with E-state index in [9.17, 15) is 9.90 Å². The predicted molar refractivity (Wildman–Crippen MR) is 74.3 cm³/mol. The van der Waals surface area contributed by atoms with Gasteiger partial charge in [-0.25, -0.2) is 0 Å². The van der Waals surface area contributed by atoms with E-state index in [-0.39, 0.29) is 24.1 Å². The third-order valence-corrected chi connectivity index (χ3v) is 3.80. The minimum Gasteiger partial charge on any atom is -0.462 e. The number of carbonyl (C=O) groups excluding carboxylic acids is 1. The normalized spacial score (nSPS) is 14.9. The quantitative estimate of drug-likeness (QED) is 0.643. The van der Waals surface area contributed by atoms with E-state index in [0.29, 0.717) is 12.3 Å². The van der Waals surface area contributed by atoms with Gasteiger partial charge in [-0.15, -0.1) is 0 Å². The highest BCUT2D eigenvalue weighted by Crippen LogP contribution is 2.19. The Morgan fingerprint density at radius 1 is 1.06 bits per heavy atom. The fourth-order valence-corrected chi connectivity index (χ4v) is 2.33. The van der Waals surface area contributed by atoms with E-state index in [4.69, 9.17) is 4.74 Å². The minimum absolute atomic E-state index is 0.00209. The number of hydrogen-bond acceptors (Lipinski definition) is 3. The van der Waals surface area contributed by atoms with Crippen LogP contribution in [0, 0.1) is 11.8 Å². The van der Waals surface area contributed by atoms with Crippen LogP contribution in [0.25, 0.3) is 0 Å². The van der Waals surface area contributed by atoms with Gasteiger partial charge in [-0.3, -0.25) is 4.79 Å². The molecule has 1 N–H and O–H groups in total. The summed E-state index contributed by atoms with van der Waals surface area (Å²) in [4.78, 5) is 11.8. The van der Waals surface area contributed by atoms with E-state index < -0.39 is 0 Å². The average Bonchev–Trinajstić information content (AvgIpc) is 2.31. The van der Waals surface area contributed by atoms with Crippen LogP contribution in [0.5, 0.6) is 0 Å². The molecule has 0 aliphatic carbocycles. The SMILES string of the molecule is CCC(CC)C(=O)O[C@@H](C)C[C@@H](O)C(CC)CC. The molecule has 0 fully saturated rings.